The van der Waals surface area contributed by atoms with Crippen LogP contribution in [0, 0.1) is 17.5 Å². The zero-order valence-corrected chi connectivity index (χ0v) is 22.6. The van der Waals surface area contributed by atoms with Crippen LogP contribution in [0.4, 0.5) is 17.6 Å². The predicted molar refractivity (Wildman–Crippen MR) is 155 cm³/mol. The van der Waals surface area contributed by atoms with Gasteiger partial charge in [0.25, 0.3) is 0 Å². The van der Waals surface area contributed by atoms with Gasteiger partial charge in [0.1, 0.15) is 34.7 Å². The van der Waals surface area contributed by atoms with Gasteiger partial charge in [0.15, 0.2) is 0 Å². The number of aromatic hydroxyl groups is 3. The molecule has 6 nitrogen and oxygen atoms in total. The molecule has 0 aliphatic carbocycles. The number of alkyl halides is 1. The van der Waals surface area contributed by atoms with Crippen LogP contribution in [-0.4, -0.2) is 30.3 Å². The molecule has 3 aromatic carbocycles. The first-order valence-electron chi connectivity index (χ1n) is 13.2. The second kappa shape index (κ2) is 11.1. The van der Waals surface area contributed by atoms with Crippen LogP contribution in [0.15, 0.2) is 109 Å². The molecule has 0 saturated carbocycles. The van der Waals surface area contributed by atoms with Crippen LogP contribution >= 0.6 is 0 Å². The zero-order valence-electron chi connectivity index (χ0n) is 22.6. The van der Waals surface area contributed by atoms with Crippen LogP contribution in [0.1, 0.15) is 17.1 Å². The molecular weight excluding hydrogens is 574 g/mol. The molecule has 0 fully saturated rings. The van der Waals surface area contributed by atoms with Gasteiger partial charge in [-0.25, -0.2) is 32.5 Å². The van der Waals surface area contributed by atoms with E-state index in [2.05, 4.69) is 15.0 Å². The van der Waals surface area contributed by atoms with Crippen LogP contribution in [-0.2, 0) is 5.67 Å². The van der Waals surface area contributed by atoms with E-state index in [4.69, 9.17) is 0 Å². The van der Waals surface area contributed by atoms with Crippen molar-refractivity contribution < 1.29 is 32.9 Å². The fourth-order valence-corrected chi connectivity index (χ4v) is 4.86. The summed E-state index contributed by atoms with van der Waals surface area (Å²) in [6, 6.07) is 22.6. The second-order valence-electron chi connectivity index (χ2n) is 9.87. The van der Waals surface area contributed by atoms with Crippen molar-refractivity contribution in [3.05, 3.63) is 144 Å². The lowest BCUT2D eigenvalue weighted by molar-refractivity contribution is 0.259. The third kappa shape index (κ3) is 5.17. The molecule has 3 heterocycles. The molecule has 3 N–H and O–H groups in total. The molecule has 6 rings (SSSR count). The van der Waals surface area contributed by atoms with Gasteiger partial charge >= 0.3 is 0 Å². The van der Waals surface area contributed by atoms with Crippen molar-refractivity contribution in [3.8, 4) is 51.0 Å². The van der Waals surface area contributed by atoms with Gasteiger partial charge in [-0.3, -0.25) is 0 Å². The van der Waals surface area contributed by atoms with Crippen LogP contribution in [0.3, 0.4) is 0 Å². The summed E-state index contributed by atoms with van der Waals surface area (Å²) in [6.45, 7) is 0. The highest BCUT2D eigenvalue weighted by atomic mass is 19.1. The largest absolute Gasteiger partial charge is 0.507 e. The van der Waals surface area contributed by atoms with E-state index in [1.54, 1.807) is 0 Å². The van der Waals surface area contributed by atoms with Crippen molar-refractivity contribution in [2.24, 2.45) is 0 Å². The SMILES string of the molecule is Oc1ccc(F)cc1-c1cccc(C(F)(c2cccc(-c3cc(F)ccc3O)n2)c2cccc(-c3cc(F)ccc3O)n2)n1. The van der Waals surface area contributed by atoms with Crippen LogP contribution in [0.2, 0.25) is 0 Å². The molecule has 10 heteroatoms. The monoisotopic (exact) mass is 595 g/mol. The Morgan fingerprint density at radius 1 is 0.432 bits per heavy atom. The van der Waals surface area contributed by atoms with Gasteiger partial charge in [-0.05, 0) is 91.0 Å². The lowest BCUT2D eigenvalue weighted by atomic mass is 9.90. The molecule has 0 spiro atoms. The average Bonchev–Trinajstić information content (AvgIpc) is 3.04. The van der Waals surface area contributed by atoms with Gasteiger partial charge in [-0.2, -0.15) is 0 Å². The Hall–Kier alpha value is -5.77. The Morgan fingerprint density at radius 3 is 1.02 bits per heavy atom. The lowest BCUT2D eigenvalue weighted by Gasteiger charge is -2.26. The summed E-state index contributed by atoms with van der Waals surface area (Å²) in [7, 11) is 0. The molecule has 0 radical (unpaired) electrons. The number of hydrogen-bond acceptors (Lipinski definition) is 6. The normalized spacial score (nSPS) is 11.5. The number of benzene rings is 3. The second-order valence-corrected chi connectivity index (χ2v) is 9.87. The molecule has 44 heavy (non-hydrogen) atoms. The van der Waals surface area contributed by atoms with Crippen LogP contribution in [0.5, 0.6) is 17.2 Å². The van der Waals surface area contributed by atoms with E-state index >= 15 is 4.39 Å². The van der Waals surface area contributed by atoms with Gasteiger partial charge in [-0.15, -0.1) is 0 Å². The first kappa shape index (κ1) is 28.4. The third-order valence-electron chi connectivity index (χ3n) is 7.01. The van der Waals surface area contributed by atoms with Crippen molar-refractivity contribution in [2.75, 3.05) is 0 Å². The maximum Gasteiger partial charge on any atom is 0.236 e. The number of halogens is 4. The van der Waals surface area contributed by atoms with Crippen molar-refractivity contribution in [1.29, 1.82) is 0 Å². The number of pyridine rings is 3. The standard InChI is InChI=1S/C34H21F4N3O3/c35-19-10-13-28(42)22(16-19)25-4-1-7-31(39-25)34(38,32-8-2-5-26(40-32)23-17-20(36)11-14-29(23)43)33-9-3-6-27(41-33)24-18-21(37)12-15-30(24)44/h1-18,42-44H. The Balaban J connectivity index is 1.59. The van der Waals surface area contributed by atoms with Gasteiger partial charge < -0.3 is 15.3 Å². The Labute approximate surface area is 248 Å². The number of rotatable bonds is 6. The molecule has 218 valence electrons. The summed E-state index contributed by atoms with van der Waals surface area (Å²) in [5, 5.41) is 31.2. The molecule has 0 unspecified atom stereocenters. The van der Waals surface area contributed by atoms with E-state index in [0.717, 1.165) is 54.6 Å². The Bertz CT molecular complexity index is 1810. The highest BCUT2D eigenvalue weighted by Gasteiger charge is 2.42. The predicted octanol–water partition coefficient (Wildman–Crippen LogP) is 7.67. The van der Waals surface area contributed by atoms with Crippen molar-refractivity contribution in [1.82, 2.24) is 15.0 Å². The van der Waals surface area contributed by atoms with E-state index in [9.17, 15) is 28.5 Å². The molecule has 0 aliphatic rings. The van der Waals surface area contributed by atoms with Crippen LogP contribution in [0.25, 0.3) is 33.8 Å². The number of nitrogens with zero attached hydrogens (tertiary/aromatic N) is 3. The fraction of sp³-hybridized carbons (Fsp3) is 0.0294. The van der Waals surface area contributed by atoms with E-state index in [-0.39, 0.29) is 68.1 Å². The minimum Gasteiger partial charge on any atom is -0.507 e. The zero-order chi connectivity index (χ0) is 31.0. The summed E-state index contributed by atoms with van der Waals surface area (Å²) >= 11 is 0. The molecule has 0 atom stereocenters. The topological polar surface area (TPSA) is 99.4 Å². The van der Waals surface area contributed by atoms with E-state index in [0.29, 0.717) is 0 Å². The summed E-state index contributed by atoms with van der Waals surface area (Å²) in [5.74, 6) is -2.81. The maximum absolute atomic E-state index is 18.0. The number of phenols is 3. The van der Waals surface area contributed by atoms with Gasteiger partial charge in [0.05, 0.1) is 34.2 Å². The summed E-state index contributed by atoms with van der Waals surface area (Å²) in [4.78, 5) is 13.3. The first-order valence-corrected chi connectivity index (χ1v) is 13.2. The van der Waals surface area contributed by atoms with Crippen molar-refractivity contribution >= 4 is 0 Å². The van der Waals surface area contributed by atoms with Crippen molar-refractivity contribution in [3.63, 3.8) is 0 Å². The first-order chi connectivity index (χ1) is 21.1. The molecule has 0 amide bonds. The summed E-state index contributed by atoms with van der Waals surface area (Å²) in [5.41, 5.74) is -3.40. The van der Waals surface area contributed by atoms with Crippen LogP contribution < -0.4 is 0 Å². The quantitative estimate of drug-likeness (QED) is 0.171. The smallest absolute Gasteiger partial charge is 0.236 e. The number of aromatic nitrogens is 3. The highest BCUT2D eigenvalue weighted by molar-refractivity contribution is 5.70. The molecule has 0 saturated heterocycles. The number of phenolic OH excluding ortho intramolecular Hbond substituents is 3. The molecular formula is C34H21F4N3O3. The van der Waals surface area contributed by atoms with E-state index in [1.165, 1.54) is 54.6 Å². The molecule has 3 aromatic heterocycles. The minimum absolute atomic E-state index is 0.00647. The summed E-state index contributed by atoms with van der Waals surface area (Å²) < 4.78 is 60.3. The minimum atomic E-state index is -2.75. The number of hydrogen-bond donors (Lipinski definition) is 3. The maximum atomic E-state index is 18.0. The third-order valence-corrected chi connectivity index (χ3v) is 7.01. The Morgan fingerprint density at radius 2 is 0.727 bits per heavy atom. The fourth-order valence-electron chi connectivity index (χ4n) is 4.86. The molecule has 6 aromatic rings. The lowest BCUT2D eigenvalue weighted by Crippen LogP contribution is -2.28. The van der Waals surface area contributed by atoms with Gasteiger partial charge in [0.2, 0.25) is 5.67 Å². The van der Waals surface area contributed by atoms with Gasteiger partial charge in [0, 0.05) is 16.7 Å². The van der Waals surface area contributed by atoms with E-state index in [1.807, 2.05) is 0 Å². The van der Waals surface area contributed by atoms with Gasteiger partial charge in [-0.1, -0.05) is 18.2 Å². The highest BCUT2D eigenvalue weighted by Crippen LogP contribution is 2.42. The average molecular weight is 596 g/mol. The summed E-state index contributed by atoms with van der Waals surface area (Å²) in [6.07, 6.45) is 0. The van der Waals surface area contributed by atoms with Crippen molar-refractivity contribution in [2.45, 2.75) is 5.67 Å². The van der Waals surface area contributed by atoms with E-state index < -0.39 is 23.1 Å². The Kier molecular flexibility index (Phi) is 7.18. The molecule has 0 aliphatic heterocycles. The molecule has 0 bridgehead atoms.